The third-order valence-electron chi connectivity index (χ3n) is 3.65. The molecule has 4 rings (SSSR count). The highest BCUT2D eigenvalue weighted by Gasteiger charge is 2.09. The molecule has 120 valence electrons. The number of ketones is 1. The number of pyridine rings is 1. The van der Waals surface area contributed by atoms with Gasteiger partial charge in [-0.3, -0.25) is 4.79 Å². The molecule has 2 aromatic carbocycles. The van der Waals surface area contributed by atoms with E-state index in [1.54, 1.807) is 30.3 Å². The Morgan fingerprint density at radius 3 is 2.54 bits per heavy atom. The molecule has 0 N–H and O–H groups in total. The first-order valence-electron chi connectivity index (χ1n) is 7.30. The molecule has 24 heavy (non-hydrogen) atoms. The molecule has 0 aliphatic heterocycles. The molecule has 5 heteroatoms. The van der Waals surface area contributed by atoms with Gasteiger partial charge in [-0.2, -0.15) is 4.73 Å². The Bertz CT molecular complexity index is 951. The summed E-state index contributed by atoms with van der Waals surface area (Å²) in [5.41, 5.74) is 2.76. The first-order valence-corrected chi connectivity index (χ1v) is 8.05. The number of halogens is 2. The summed E-state index contributed by atoms with van der Waals surface area (Å²) in [4.78, 5) is 11.0. The Morgan fingerprint density at radius 1 is 0.958 bits per heavy atom. The van der Waals surface area contributed by atoms with E-state index in [1.165, 1.54) is 6.20 Å². The quantitative estimate of drug-likeness (QED) is 0.435. The van der Waals surface area contributed by atoms with Crippen molar-refractivity contribution in [2.45, 2.75) is 6.42 Å². The van der Waals surface area contributed by atoms with Gasteiger partial charge >= 0.3 is 0 Å². The molecule has 0 amide bonds. The number of benzene rings is 2. The van der Waals surface area contributed by atoms with Crippen LogP contribution in [0.15, 0.2) is 60.8 Å². The highest BCUT2D eigenvalue weighted by Crippen LogP contribution is 2.21. The largest absolute Gasteiger partial charge is 0.618 e. The minimum absolute atomic E-state index is 0.157. The molecule has 1 aliphatic rings. The molecule has 0 spiro atoms. The monoisotopic (exact) mass is 357 g/mol. The van der Waals surface area contributed by atoms with Crippen LogP contribution in [-0.4, -0.2) is 5.78 Å². The van der Waals surface area contributed by atoms with E-state index >= 15 is 0 Å². The average molecular weight is 358 g/mol. The summed E-state index contributed by atoms with van der Waals surface area (Å²) in [6.45, 7) is 0. The van der Waals surface area contributed by atoms with Gasteiger partial charge in [0.25, 0.3) is 0 Å². The molecule has 3 aromatic rings. The van der Waals surface area contributed by atoms with Crippen molar-refractivity contribution in [3.63, 3.8) is 0 Å². The topological polar surface area (TPSA) is 44.0 Å². The zero-order valence-corrected chi connectivity index (χ0v) is 14.1. The second kappa shape index (κ2) is 7.04. The lowest BCUT2D eigenvalue weighted by molar-refractivity contribution is -0.577. The number of carbonyl (C=O) groups is 1. The van der Waals surface area contributed by atoms with Gasteiger partial charge in [0.1, 0.15) is 0 Å². The van der Waals surface area contributed by atoms with Gasteiger partial charge in [-0.05, 0) is 47.5 Å². The molecule has 0 saturated carbocycles. The Kier molecular flexibility index (Phi) is 4.84. The lowest BCUT2D eigenvalue weighted by Crippen LogP contribution is -2.25. The minimum Gasteiger partial charge on any atom is -0.618 e. The molecule has 1 aliphatic carbocycles. The minimum atomic E-state index is 0.157. The molecule has 3 nitrogen and oxygen atoms in total. The van der Waals surface area contributed by atoms with Crippen LogP contribution in [0, 0.1) is 5.21 Å². The van der Waals surface area contributed by atoms with Crippen LogP contribution in [0.1, 0.15) is 11.1 Å². The van der Waals surface area contributed by atoms with Gasteiger partial charge < -0.3 is 5.21 Å². The van der Waals surface area contributed by atoms with Crippen LogP contribution in [0.4, 0.5) is 0 Å². The summed E-state index contributed by atoms with van der Waals surface area (Å²) >= 11 is 11.6. The second-order valence-electron chi connectivity index (χ2n) is 5.36. The second-order valence-corrected chi connectivity index (χ2v) is 6.23. The fourth-order valence-corrected chi connectivity index (χ4v) is 2.84. The third-order valence-corrected chi connectivity index (χ3v) is 4.12. The highest BCUT2D eigenvalue weighted by molar-refractivity contribution is 6.31. The van der Waals surface area contributed by atoms with E-state index in [0.29, 0.717) is 22.0 Å². The fraction of sp³-hybridized carbons (Fsp3) is 0.0526. The fourth-order valence-electron chi connectivity index (χ4n) is 2.48. The molecule has 0 unspecified atom stereocenters. The normalized spacial score (nSPS) is 12.5. The van der Waals surface area contributed by atoms with Crippen molar-refractivity contribution < 1.29 is 9.52 Å². The van der Waals surface area contributed by atoms with E-state index in [-0.39, 0.29) is 5.78 Å². The van der Waals surface area contributed by atoms with Crippen molar-refractivity contribution in [3.8, 4) is 0 Å². The molecular formula is C19H13Cl2NO2. The average Bonchev–Trinajstić information content (AvgIpc) is 2.56. The van der Waals surface area contributed by atoms with E-state index < -0.39 is 0 Å². The van der Waals surface area contributed by atoms with E-state index in [4.69, 9.17) is 23.2 Å². The number of carbonyl (C=O) groups excluding carboxylic acids is 1. The van der Waals surface area contributed by atoms with Crippen LogP contribution in [0.2, 0.25) is 10.0 Å². The molecule has 1 aromatic heterocycles. The van der Waals surface area contributed by atoms with Crippen molar-refractivity contribution in [1.82, 2.24) is 0 Å². The predicted molar refractivity (Wildman–Crippen MR) is 97.1 cm³/mol. The molecule has 0 saturated heterocycles. The molecule has 0 fully saturated rings. The number of allylic oxidation sites excluding steroid dienone is 1. The Labute approximate surface area is 149 Å². The molecule has 0 atom stereocenters. The van der Waals surface area contributed by atoms with Crippen molar-refractivity contribution in [2.75, 3.05) is 0 Å². The Morgan fingerprint density at radius 2 is 1.71 bits per heavy atom. The smallest absolute Gasteiger partial charge is 0.223 e. The van der Waals surface area contributed by atoms with E-state index in [1.807, 2.05) is 30.3 Å². The van der Waals surface area contributed by atoms with Crippen LogP contribution in [0.3, 0.4) is 0 Å². The van der Waals surface area contributed by atoms with Crippen LogP contribution < -0.4 is 4.73 Å². The lowest BCUT2D eigenvalue weighted by atomic mass is 9.97. The zero-order valence-electron chi connectivity index (χ0n) is 12.6. The predicted octanol–water partition coefficient (Wildman–Crippen LogP) is 4.61. The summed E-state index contributed by atoms with van der Waals surface area (Å²) in [7, 11) is 0. The SMILES string of the molecule is O=C1C=Cc2cc(Cl)ccc2C1.[O-][n+]1cccc2cc(Cl)ccc21. The molecular weight excluding hydrogens is 345 g/mol. The third kappa shape index (κ3) is 3.75. The summed E-state index contributed by atoms with van der Waals surface area (Å²) in [6, 6.07) is 14.3. The summed E-state index contributed by atoms with van der Waals surface area (Å²) in [5, 5.41) is 13.4. The number of rotatable bonds is 0. The van der Waals surface area contributed by atoms with Crippen molar-refractivity contribution in [2.24, 2.45) is 0 Å². The Hall–Kier alpha value is -2.36. The first kappa shape index (κ1) is 16.5. The van der Waals surface area contributed by atoms with Gasteiger partial charge in [0.05, 0.1) is 0 Å². The summed E-state index contributed by atoms with van der Waals surface area (Å²) in [6.07, 6.45) is 5.38. The maximum Gasteiger partial charge on any atom is 0.223 e. The standard InChI is InChI=1S/C10H7ClO.C9H6ClNO/c11-9-3-1-8-6-10(12)4-2-7(8)5-9;10-8-3-4-9-7(6-8)2-1-5-11(9)12/h1-5H,6H2;1-6H. The number of aromatic nitrogens is 1. The van der Waals surface area contributed by atoms with Gasteiger partial charge in [0, 0.05) is 34.0 Å². The number of hydrogen-bond acceptors (Lipinski definition) is 2. The maximum absolute atomic E-state index is 11.2. The number of nitrogens with zero attached hydrogens (tertiary/aromatic N) is 1. The maximum atomic E-state index is 11.2. The van der Waals surface area contributed by atoms with Gasteiger partial charge in [0.15, 0.2) is 12.0 Å². The van der Waals surface area contributed by atoms with Crippen molar-refractivity contribution in [1.29, 1.82) is 0 Å². The van der Waals surface area contributed by atoms with E-state index in [2.05, 4.69) is 0 Å². The number of fused-ring (bicyclic) bond motifs is 2. The summed E-state index contributed by atoms with van der Waals surface area (Å²) in [5.74, 6) is 0.157. The van der Waals surface area contributed by atoms with Gasteiger partial charge in [0.2, 0.25) is 5.52 Å². The van der Waals surface area contributed by atoms with E-state index in [0.717, 1.165) is 21.2 Å². The Balaban J connectivity index is 0.000000141. The molecule has 1 heterocycles. The highest BCUT2D eigenvalue weighted by atomic mass is 35.5. The van der Waals surface area contributed by atoms with Crippen LogP contribution in [0.5, 0.6) is 0 Å². The van der Waals surface area contributed by atoms with E-state index in [9.17, 15) is 10.0 Å². The van der Waals surface area contributed by atoms with Gasteiger partial charge in [-0.25, -0.2) is 0 Å². The van der Waals surface area contributed by atoms with Crippen LogP contribution >= 0.6 is 23.2 Å². The zero-order chi connectivity index (χ0) is 17.1. The molecule has 0 radical (unpaired) electrons. The van der Waals surface area contributed by atoms with Gasteiger partial charge in [-0.15, -0.1) is 0 Å². The lowest BCUT2D eigenvalue weighted by Gasteiger charge is -2.08. The summed E-state index contributed by atoms with van der Waals surface area (Å²) < 4.78 is 0.825. The van der Waals surface area contributed by atoms with Crippen molar-refractivity contribution in [3.05, 3.63) is 87.2 Å². The number of hydrogen-bond donors (Lipinski definition) is 0. The van der Waals surface area contributed by atoms with Crippen LogP contribution in [-0.2, 0) is 11.2 Å². The van der Waals surface area contributed by atoms with Crippen LogP contribution in [0.25, 0.3) is 17.0 Å². The first-order chi connectivity index (χ1) is 11.5. The van der Waals surface area contributed by atoms with Gasteiger partial charge in [-0.1, -0.05) is 35.3 Å². The molecule has 0 bridgehead atoms. The van der Waals surface area contributed by atoms with Crippen molar-refractivity contribution >= 4 is 46.0 Å².